The van der Waals surface area contributed by atoms with Gasteiger partial charge in [-0.1, -0.05) is 30.3 Å². The highest BCUT2D eigenvalue weighted by molar-refractivity contribution is 5.84. The van der Waals surface area contributed by atoms with Gasteiger partial charge in [0.2, 0.25) is 5.91 Å². The van der Waals surface area contributed by atoms with Crippen LogP contribution in [0.2, 0.25) is 0 Å². The van der Waals surface area contributed by atoms with Crippen LogP contribution in [-0.4, -0.2) is 25.8 Å². The Balaban J connectivity index is 1.59. The van der Waals surface area contributed by atoms with E-state index >= 15 is 0 Å². The number of carbonyl (C=O) groups is 1. The second-order valence-electron chi connectivity index (χ2n) is 6.84. The lowest BCUT2D eigenvalue weighted by atomic mass is 10.1. The first-order valence-electron chi connectivity index (χ1n) is 10.2. The molecule has 1 N–H and O–H groups in total. The molecule has 0 fully saturated rings. The van der Waals surface area contributed by atoms with Crippen molar-refractivity contribution >= 4 is 12.1 Å². The zero-order valence-corrected chi connectivity index (χ0v) is 18.0. The number of benzene rings is 3. The first-order chi connectivity index (χ1) is 15.6. The van der Waals surface area contributed by atoms with Crippen LogP contribution in [0.5, 0.6) is 17.2 Å². The lowest BCUT2D eigenvalue weighted by Crippen LogP contribution is -2.19. The van der Waals surface area contributed by atoms with Crippen LogP contribution in [0, 0.1) is 5.82 Å². The molecule has 0 atom stereocenters. The number of hydrazone groups is 1. The molecule has 0 bridgehead atoms. The van der Waals surface area contributed by atoms with Crippen LogP contribution in [0.25, 0.3) is 0 Å². The minimum absolute atomic E-state index is 0.0849. The Kier molecular flexibility index (Phi) is 8.20. The van der Waals surface area contributed by atoms with Gasteiger partial charge < -0.3 is 14.2 Å². The lowest BCUT2D eigenvalue weighted by Gasteiger charge is -2.13. The molecule has 32 heavy (non-hydrogen) atoms. The van der Waals surface area contributed by atoms with E-state index in [0.717, 1.165) is 16.9 Å². The second-order valence-corrected chi connectivity index (χ2v) is 6.84. The van der Waals surface area contributed by atoms with Crippen LogP contribution in [0.3, 0.4) is 0 Å². The molecule has 0 saturated heterocycles. The average Bonchev–Trinajstić information content (AvgIpc) is 2.80. The summed E-state index contributed by atoms with van der Waals surface area (Å²) in [6.45, 7) is 2.39. The molecule has 0 aliphatic rings. The van der Waals surface area contributed by atoms with Crippen molar-refractivity contribution in [1.29, 1.82) is 0 Å². The lowest BCUT2D eigenvalue weighted by molar-refractivity contribution is -0.120. The molecule has 0 saturated carbocycles. The van der Waals surface area contributed by atoms with Gasteiger partial charge in [0.15, 0.2) is 11.5 Å². The monoisotopic (exact) mass is 436 g/mol. The number of carbonyl (C=O) groups excluding carboxylic acids is 1. The van der Waals surface area contributed by atoms with Crippen LogP contribution >= 0.6 is 0 Å². The molecule has 166 valence electrons. The maximum atomic E-state index is 13.8. The van der Waals surface area contributed by atoms with Crippen LogP contribution in [-0.2, 0) is 17.8 Å². The SMILES string of the molecule is CCOc1cc(/C=N\NC(=O)Cc2ccc(OC)cc2)ccc1OCc1ccccc1F. The fraction of sp³-hybridized carbons (Fsp3) is 0.200. The molecule has 0 heterocycles. The van der Waals surface area contributed by atoms with E-state index in [1.807, 2.05) is 19.1 Å². The van der Waals surface area contributed by atoms with E-state index in [2.05, 4.69) is 10.5 Å². The Labute approximate surface area is 186 Å². The number of ether oxygens (including phenoxy) is 3. The van der Waals surface area contributed by atoms with Gasteiger partial charge >= 0.3 is 0 Å². The van der Waals surface area contributed by atoms with Gasteiger partial charge in [0.1, 0.15) is 18.2 Å². The molecule has 1 amide bonds. The summed E-state index contributed by atoms with van der Waals surface area (Å²) in [4.78, 5) is 12.1. The number of nitrogens with zero attached hydrogens (tertiary/aromatic N) is 1. The molecule has 0 unspecified atom stereocenters. The third kappa shape index (κ3) is 6.57. The summed E-state index contributed by atoms with van der Waals surface area (Å²) in [7, 11) is 1.59. The number of hydrogen-bond donors (Lipinski definition) is 1. The fourth-order valence-corrected chi connectivity index (χ4v) is 2.91. The van der Waals surface area contributed by atoms with Crippen molar-refractivity contribution in [2.24, 2.45) is 5.10 Å². The number of hydrogen-bond acceptors (Lipinski definition) is 5. The Morgan fingerprint density at radius 3 is 2.53 bits per heavy atom. The summed E-state index contributed by atoms with van der Waals surface area (Å²) in [6.07, 6.45) is 1.73. The van der Waals surface area contributed by atoms with Crippen molar-refractivity contribution < 1.29 is 23.4 Å². The Bertz CT molecular complexity index is 1070. The summed E-state index contributed by atoms with van der Waals surface area (Å²) >= 11 is 0. The third-order valence-electron chi connectivity index (χ3n) is 4.54. The van der Waals surface area contributed by atoms with Gasteiger partial charge in [-0.2, -0.15) is 5.10 Å². The van der Waals surface area contributed by atoms with Crippen LogP contribution < -0.4 is 19.6 Å². The summed E-state index contributed by atoms with van der Waals surface area (Å²) in [5.74, 6) is 1.19. The van der Waals surface area contributed by atoms with Crippen LogP contribution in [0.4, 0.5) is 4.39 Å². The van der Waals surface area contributed by atoms with Crippen molar-refractivity contribution in [2.45, 2.75) is 20.0 Å². The largest absolute Gasteiger partial charge is 0.497 e. The number of amides is 1. The number of methoxy groups -OCH3 is 1. The molecule has 3 rings (SSSR count). The molecule has 0 spiro atoms. The van der Waals surface area contributed by atoms with Crippen molar-refractivity contribution in [2.75, 3.05) is 13.7 Å². The predicted molar refractivity (Wildman–Crippen MR) is 121 cm³/mol. The van der Waals surface area contributed by atoms with Gasteiger partial charge in [-0.25, -0.2) is 9.82 Å². The van der Waals surface area contributed by atoms with E-state index in [9.17, 15) is 9.18 Å². The van der Waals surface area contributed by atoms with Gasteiger partial charge in [0.25, 0.3) is 0 Å². The molecular weight excluding hydrogens is 411 g/mol. The van der Waals surface area contributed by atoms with Gasteiger partial charge in [-0.05, 0) is 54.4 Å². The third-order valence-corrected chi connectivity index (χ3v) is 4.54. The highest BCUT2D eigenvalue weighted by atomic mass is 19.1. The zero-order valence-electron chi connectivity index (χ0n) is 18.0. The highest BCUT2D eigenvalue weighted by Crippen LogP contribution is 2.29. The van der Waals surface area contributed by atoms with E-state index in [-0.39, 0.29) is 24.8 Å². The van der Waals surface area contributed by atoms with Gasteiger partial charge in [0.05, 0.1) is 26.4 Å². The Morgan fingerprint density at radius 1 is 1.03 bits per heavy atom. The predicted octanol–water partition coefficient (Wildman–Crippen LogP) is 4.50. The molecule has 0 aromatic heterocycles. The molecule has 0 aliphatic heterocycles. The molecule has 7 heteroatoms. The van der Waals surface area contributed by atoms with Crippen LogP contribution in [0.1, 0.15) is 23.6 Å². The zero-order chi connectivity index (χ0) is 22.8. The van der Waals surface area contributed by atoms with Gasteiger partial charge in [-0.15, -0.1) is 0 Å². The summed E-state index contributed by atoms with van der Waals surface area (Å²) in [5, 5.41) is 4.01. The number of halogens is 1. The Hall–Kier alpha value is -3.87. The smallest absolute Gasteiger partial charge is 0.244 e. The number of rotatable bonds is 10. The minimum Gasteiger partial charge on any atom is -0.497 e. The maximum absolute atomic E-state index is 13.8. The molecule has 0 radical (unpaired) electrons. The highest BCUT2D eigenvalue weighted by Gasteiger charge is 2.09. The first-order valence-corrected chi connectivity index (χ1v) is 10.2. The van der Waals surface area contributed by atoms with Crippen molar-refractivity contribution in [3.8, 4) is 17.2 Å². The molecule has 6 nitrogen and oxygen atoms in total. The van der Waals surface area contributed by atoms with Crippen molar-refractivity contribution in [1.82, 2.24) is 5.43 Å². The summed E-state index contributed by atoms with van der Waals surface area (Å²) < 4.78 is 30.3. The van der Waals surface area contributed by atoms with E-state index in [0.29, 0.717) is 23.7 Å². The quantitative estimate of drug-likeness (QED) is 0.375. The standard InChI is InChI=1S/C25H25FN2O4/c1-3-31-24-14-19(10-13-23(24)32-17-20-6-4-5-7-22(20)26)16-27-28-25(29)15-18-8-11-21(30-2)12-9-18/h4-14,16H,3,15,17H2,1-2H3,(H,28,29)/b27-16-. The van der Waals surface area contributed by atoms with Crippen molar-refractivity contribution in [3.63, 3.8) is 0 Å². The second kappa shape index (κ2) is 11.5. The van der Waals surface area contributed by atoms with E-state index in [1.165, 1.54) is 12.3 Å². The van der Waals surface area contributed by atoms with Gasteiger partial charge in [0, 0.05) is 5.56 Å². The van der Waals surface area contributed by atoms with Gasteiger partial charge in [-0.3, -0.25) is 4.79 Å². The van der Waals surface area contributed by atoms with Crippen molar-refractivity contribution in [3.05, 3.63) is 89.2 Å². The number of nitrogens with one attached hydrogen (secondary N) is 1. The molecule has 3 aromatic carbocycles. The first kappa shape index (κ1) is 22.8. The molecule has 3 aromatic rings. The van der Waals surface area contributed by atoms with E-state index in [4.69, 9.17) is 14.2 Å². The Morgan fingerprint density at radius 2 is 1.81 bits per heavy atom. The fourth-order valence-electron chi connectivity index (χ4n) is 2.91. The van der Waals surface area contributed by atoms with E-state index in [1.54, 1.807) is 55.6 Å². The normalized spacial score (nSPS) is 10.7. The van der Waals surface area contributed by atoms with Crippen LogP contribution in [0.15, 0.2) is 71.8 Å². The van der Waals surface area contributed by atoms with E-state index < -0.39 is 0 Å². The minimum atomic E-state index is -0.320. The molecular formula is C25H25FN2O4. The summed E-state index contributed by atoms with van der Waals surface area (Å²) in [5.41, 5.74) is 4.55. The summed E-state index contributed by atoms with van der Waals surface area (Å²) in [6, 6.07) is 19.0. The molecule has 0 aliphatic carbocycles. The topological polar surface area (TPSA) is 69.2 Å². The average molecular weight is 436 g/mol. The maximum Gasteiger partial charge on any atom is 0.244 e.